The van der Waals surface area contributed by atoms with Crippen molar-refractivity contribution in [2.75, 3.05) is 19.7 Å². The fourth-order valence-electron chi connectivity index (χ4n) is 4.22. The van der Waals surface area contributed by atoms with Crippen LogP contribution in [0.5, 0.6) is 11.5 Å². The number of carbonyl (C=O) groups excluding carboxylic acids is 4. The number of nitrogens with zero attached hydrogens (tertiary/aromatic N) is 1. The summed E-state index contributed by atoms with van der Waals surface area (Å²) in [5, 5.41) is 42.5. The Bertz CT molecular complexity index is 1210. The molecular formula is C28H36N2O12. The summed E-state index contributed by atoms with van der Waals surface area (Å²) in [6, 6.07) is 4.52. The second-order valence-corrected chi connectivity index (χ2v) is 11.1. The molecule has 42 heavy (non-hydrogen) atoms. The molecule has 1 aromatic carbocycles. The van der Waals surface area contributed by atoms with Crippen molar-refractivity contribution in [3.8, 4) is 11.5 Å². The van der Waals surface area contributed by atoms with Crippen molar-refractivity contribution >= 4 is 29.7 Å². The first kappa shape index (κ1) is 32.5. The Balaban J connectivity index is 1.64. The number of amides is 3. The molecule has 0 bridgehead atoms. The van der Waals surface area contributed by atoms with E-state index in [9.17, 15) is 44.4 Å². The molecule has 5 atom stereocenters. The van der Waals surface area contributed by atoms with Crippen LogP contribution in [0.4, 0.5) is 0 Å². The molecule has 1 aromatic rings. The number of nitrogens with one attached hydrogen (secondary N) is 1. The first-order valence-corrected chi connectivity index (χ1v) is 13.4. The number of carbonyl (C=O) groups is 5. The summed E-state index contributed by atoms with van der Waals surface area (Å²) in [6.07, 6.45) is -3.87. The third-order valence-corrected chi connectivity index (χ3v) is 6.70. The number of aliphatic carboxylic acids is 1. The first-order chi connectivity index (χ1) is 19.7. The van der Waals surface area contributed by atoms with Gasteiger partial charge in [0.05, 0.1) is 24.0 Å². The van der Waals surface area contributed by atoms with Gasteiger partial charge in [-0.2, -0.15) is 0 Å². The van der Waals surface area contributed by atoms with Gasteiger partial charge in [-0.25, -0.2) is 0 Å². The fourth-order valence-corrected chi connectivity index (χ4v) is 4.22. The number of carboxylic acid groups (broad SMARTS) is 1. The SMILES string of the molecule is CC(C)(C)C(=O)OCc1ccc(O[C@@H]2C[C@H](C(=O)O)[C@@H](O)[C@H](O)[C@H]2O)cc1OCCCNC(=O)CN1C(=O)C=CC1=O. The summed E-state index contributed by atoms with van der Waals surface area (Å²) >= 11 is 0. The van der Waals surface area contributed by atoms with Crippen molar-refractivity contribution in [1.29, 1.82) is 0 Å². The van der Waals surface area contributed by atoms with Crippen LogP contribution in [0.15, 0.2) is 30.4 Å². The molecule has 1 saturated carbocycles. The van der Waals surface area contributed by atoms with Gasteiger partial charge in [-0.05, 0) is 39.3 Å². The van der Waals surface area contributed by atoms with Crippen molar-refractivity contribution in [2.24, 2.45) is 11.3 Å². The molecule has 1 fully saturated rings. The molecule has 1 aliphatic heterocycles. The summed E-state index contributed by atoms with van der Waals surface area (Å²) < 4.78 is 17.0. The van der Waals surface area contributed by atoms with Crippen molar-refractivity contribution in [1.82, 2.24) is 10.2 Å². The molecule has 0 spiro atoms. The number of ether oxygens (including phenoxy) is 3. The zero-order chi connectivity index (χ0) is 31.2. The Labute approximate surface area is 241 Å². The molecule has 1 heterocycles. The topological polar surface area (TPSA) is 209 Å². The van der Waals surface area contributed by atoms with Gasteiger partial charge in [-0.3, -0.25) is 28.9 Å². The van der Waals surface area contributed by atoms with Crippen molar-refractivity contribution < 1.29 is 58.6 Å². The Hall–Kier alpha value is -4.01. The van der Waals surface area contributed by atoms with E-state index in [1.54, 1.807) is 26.8 Å². The summed E-state index contributed by atoms with van der Waals surface area (Å²) in [5.74, 6) is -4.38. The molecule has 0 aromatic heterocycles. The minimum absolute atomic E-state index is 0.0884. The van der Waals surface area contributed by atoms with E-state index < -0.39 is 72.0 Å². The van der Waals surface area contributed by atoms with Crippen LogP contribution in [0.2, 0.25) is 0 Å². The van der Waals surface area contributed by atoms with Crippen LogP contribution in [0, 0.1) is 11.3 Å². The summed E-state index contributed by atoms with van der Waals surface area (Å²) in [6.45, 7) is 4.82. The minimum atomic E-state index is -1.73. The predicted molar refractivity (Wildman–Crippen MR) is 143 cm³/mol. The molecule has 14 heteroatoms. The second kappa shape index (κ2) is 13.8. The van der Waals surface area contributed by atoms with Gasteiger partial charge in [0.1, 0.15) is 43.0 Å². The second-order valence-electron chi connectivity index (χ2n) is 11.1. The van der Waals surface area contributed by atoms with Gasteiger partial charge in [0.2, 0.25) is 5.91 Å². The number of rotatable bonds is 12. The van der Waals surface area contributed by atoms with Crippen molar-refractivity contribution in [2.45, 2.75) is 64.6 Å². The minimum Gasteiger partial charge on any atom is -0.493 e. The number of benzene rings is 1. The lowest BCUT2D eigenvalue weighted by atomic mass is 9.81. The number of esters is 1. The van der Waals surface area contributed by atoms with E-state index >= 15 is 0 Å². The Morgan fingerprint density at radius 3 is 2.31 bits per heavy atom. The van der Waals surface area contributed by atoms with Crippen LogP contribution >= 0.6 is 0 Å². The zero-order valence-electron chi connectivity index (χ0n) is 23.5. The molecule has 14 nitrogen and oxygen atoms in total. The van der Waals surface area contributed by atoms with Crippen LogP contribution < -0.4 is 14.8 Å². The molecule has 2 aliphatic rings. The highest BCUT2D eigenvalue weighted by Gasteiger charge is 2.47. The lowest BCUT2D eigenvalue weighted by Crippen LogP contribution is -2.57. The third kappa shape index (κ3) is 8.27. The first-order valence-electron chi connectivity index (χ1n) is 13.4. The van der Waals surface area contributed by atoms with E-state index in [1.165, 1.54) is 12.1 Å². The van der Waals surface area contributed by atoms with E-state index in [1.807, 2.05) is 0 Å². The third-order valence-electron chi connectivity index (χ3n) is 6.70. The monoisotopic (exact) mass is 592 g/mol. The quantitative estimate of drug-likeness (QED) is 0.118. The molecule has 230 valence electrons. The summed E-state index contributed by atoms with van der Waals surface area (Å²) in [7, 11) is 0. The maximum Gasteiger partial charge on any atom is 0.311 e. The van der Waals surface area contributed by atoms with E-state index in [-0.39, 0.29) is 37.7 Å². The van der Waals surface area contributed by atoms with E-state index in [2.05, 4.69) is 5.32 Å². The van der Waals surface area contributed by atoms with Gasteiger partial charge in [-0.1, -0.05) is 0 Å². The molecule has 3 rings (SSSR count). The fraction of sp³-hybridized carbons (Fsp3) is 0.536. The number of carboxylic acids is 1. The Morgan fingerprint density at radius 2 is 1.69 bits per heavy atom. The normalized spacial score (nSPS) is 24.0. The lowest BCUT2D eigenvalue weighted by molar-refractivity contribution is -0.174. The van der Waals surface area contributed by atoms with Gasteiger partial charge >= 0.3 is 11.9 Å². The smallest absolute Gasteiger partial charge is 0.311 e. The highest BCUT2D eigenvalue weighted by molar-refractivity contribution is 6.14. The van der Waals surface area contributed by atoms with E-state index in [0.717, 1.165) is 17.1 Å². The molecule has 0 radical (unpaired) electrons. The zero-order valence-corrected chi connectivity index (χ0v) is 23.5. The van der Waals surface area contributed by atoms with Crippen LogP contribution in [-0.4, -0.2) is 99.1 Å². The predicted octanol–water partition coefficient (Wildman–Crippen LogP) is -0.479. The van der Waals surface area contributed by atoms with E-state index in [4.69, 9.17) is 14.2 Å². The van der Waals surface area contributed by atoms with Crippen LogP contribution in [-0.2, 0) is 35.3 Å². The maximum absolute atomic E-state index is 12.3. The highest BCUT2D eigenvalue weighted by Crippen LogP contribution is 2.32. The van der Waals surface area contributed by atoms with Crippen LogP contribution in [0.25, 0.3) is 0 Å². The lowest BCUT2D eigenvalue weighted by Gasteiger charge is -2.38. The Morgan fingerprint density at radius 1 is 1.02 bits per heavy atom. The van der Waals surface area contributed by atoms with Crippen LogP contribution in [0.1, 0.15) is 39.2 Å². The van der Waals surface area contributed by atoms with Gasteiger partial charge in [-0.15, -0.1) is 0 Å². The van der Waals surface area contributed by atoms with Crippen LogP contribution in [0.3, 0.4) is 0 Å². The summed E-state index contributed by atoms with van der Waals surface area (Å²) in [4.78, 5) is 59.9. The van der Waals surface area contributed by atoms with Gasteiger partial charge in [0, 0.05) is 36.7 Å². The number of hydrogen-bond acceptors (Lipinski definition) is 11. The maximum atomic E-state index is 12.3. The number of aliphatic hydroxyl groups is 3. The molecule has 3 amide bonds. The molecule has 5 N–H and O–H groups in total. The highest BCUT2D eigenvalue weighted by atomic mass is 16.5. The van der Waals surface area contributed by atoms with Crippen molar-refractivity contribution in [3.05, 3.63) is 35.9 Å². The standard InChI is InChI=1S/C28H36N2O12/c1-28(2,3)27(39)41-14-15-5-6-16(42-19-12-17(26(37)38)23(34)25(36)24(19)35)11-18(15)40-10-4-9-29-20(31)13-30-21(32)7-8-22(30)33/h5-8,11,17,19,23-25,34-36H,4,9-10,12-14H2,1-3H3,(H,29,31)(H,37,38)/t17-,19+,23+,24-,25-/m0/s1. The number of imide groups is 1. The Kier molecular flexibility index (Phi) is 10.7. The average molecular weight is 593 g/mol. The molecule has 0 unspecified atom stereocenters. The van der Waals surface area contributed by atoms with E-state index in [0.29, 0.717) is 12.0 Å². The number of hydrogen-bond donors (Lipinski definition) is 5. The molecule has 1 aliphatic carbocycles. The summed E-state index contributed by atoms with van der Waals surface area (Å²) in [5.41, 5.74) is -0.267. The average Bonchev–Trinajstić information content (AvgIpc) is 3.23. The molecule has 0 saturated heterocycles. The van der Waals surface area contributed by atoms with Gasteiger partial charge < -0.3 is 40.0 Å². The van der Waals surface area contributed by atoms with Gasteiger partial charge in [0.25, 0.3) is 11.8 Å². The number of aliphatic hydroxyl groups excluding tert-OH is 3. The largest absolute Gasteiger partial charge is 0.493 e. The molecular weight excluding hydrogens is 556 g/mol. The van der Waals surface area contributed by atoms with Crippen molar-refractivity contribution in [3.63, 3.8) is 0 Å². The van der Waals surface area contributed by atoms with Gasteiger partial charge in [0.15, 0.2) is 0 Å².